The summed E-state index contributed by atoms with van der Waals surface area (Å²) in [6, 6.07) is 5.19. The smallest absolute Gasteiger partial charge is 0.254 e. The highest BCUT2D eigenvalue weighted by Gasteiger charge is 2.63. The van der Waals surface area contributed by atoms with Gasteiger partial charge in [0.1, 0.15) is 5.75 Å². The monoisotopic (exact) mass is 364 g/mol. The third-order valence-corrected chi connectivity index (χ3v) is 6.22. The van der Waals surface area contributed by atoms with Crippen LogP contribution in [0.5, 0.6) is 5.75 Å². The van der Waals surface area contributed by atoms with Crippen LogP contribution in [0.2, 0.25) is 5.02 Å². The lowest BCUT2D eigenvalue weighted by molar-refractivity contribution is 0.00256. The average molecular weight is 365 g/mol. The van der Waals surface area contributed by atoms with E-state index in [1.165, 1.54) is 0 Å². The molecule has 1 amide bonds. The van der Waals surface area contributed by atoms with Gasteiger partial charge in [-0.05, 0) is 45.1 Å². The highest BCUT2D eigenvalue weighted by atomic mass is 35.5. The number of rotatable bonds is 4. The van der Waals surface area contributed by atoms with Crippen LogP contribution in [0.1, 0.15) is 23.2 Å². The predicted octanol–water partition coefficient (Wildman–Crippen LogP) is 2.53. The molecule has 0 aliphatic carbocycles. The van der Waals surface area contributed by atoms with Gasteiger partial charge in [0.05, 0.1) is 25.4 Å². The summed E-state index contributed by atoms with van der Waals surface area (Å²) in [6.07, 6.45) is 2.53. The number of hydrogen-bond acceptors (Lipinski definition) is 4. The van der Waals surface area contributed by atoms with Crippen LogP contribution >= 0.6 is 11.6 Å². The molecule has 1 spiro atoms. The minimum atomic E-state index is -0.135. The lowest BCUT2D eigenvalue weighted by Gasteiger charge is -2.30. The summed E-state index contributed by atoms with van der Waals surface area (Å²) in [7, 11) is 5.79. The molecule has 3 saturated heterocycles. The molecule has 3 heterocycles. The van der Waals surface area contributed by atoms with Crippen molar-refractivity contribution in [1.82, 2.24) is 9.80 Å². The van der Waals surface area contributed by atoms with Gasteiger partial charge in [-0.2, -0.15) is 0 Å². The third kappa shape index (κ3) is 2.82. The molecule has 1 aromatic rings. The minimum absolute atomic E-state index is 0.0141. The summed E-state index contributed by atoms with van der Waals surface area (Å²) in [5.74, 6) is 1.56. The normalized spacial score (nSPS) is 33.2. The summed E-state index contributed by atoms with van der Waals surface area (Å²) in [6.45, 7) is 2.47. The standard InChI is InChI=1S/C19H25ClN2O3/c1-21(2)9-15-16-10-22(11-19(16)5-4-17(15)25-19)18(23)12-6-13(20)8-14(7-12)24-3/h6-8,15-17H,4-5,9-11H2,1-3H3/t15-,16+,17+,19+/m0/s1. The lowest BCUT2D eigenvalue weighted by Crippen LogP contribution is -2.40. The van der Waals surface area contributed by atoms with Crippen LogP contribution in [0.25, 0.3) is 0 Å². The second-order valence-electron chi connectivity index (χ2n) is 7.86. The van der Waals surface area contributed by atoms with Gasteiger partial charge < -0.3 is 19.3 Å². The fraction of sp³-hybridized carbons (Fsp3) is 0.632. The largest absolute Gasteiger partial charge is 0.497 e. The molecule has 3 aliphatic heterocycles. The van der Waals surface area contributed by atoms with Crippen molar-refractivity contribution in [3.8, 4) is 5.75 Å². The van der Waals surface area contributed by atoms with Gasteiger partial charge in [0.15, 0.2) is 0 Å². The second kappa shape index (κ2) is 6.15. The number of benzene rings is 1. The van der Waals surface area contributed by atoms with E-state index in [9.17, 15) is 4.79 Å². The summed E-state index contributed by atoms with van der Waals surface area (Å²) < 4.78 is 11.7. The van der Waals surface area contributed by atoms with Crippen LogP contribution in [0.15, 0.2) is 18.2 Å². The van der Waals surface area contributed by atoms with Crippen molar-refractivity contribution in [2.45, 2.75) is 24.5 Å². The van der Waals surface area contributed by atoms with E-state index in [0.29, 0.717) is 40.8 Å². The molecular weight excluding hydrogens is 340 g/mol. The lowest BCUT2D eigenvalue weighted by atomic mass is 9.73. The molecule has 3 aliphatic rings. The van der Waals surface area contributed by atoms with E-state index in [1.807, 2.05) is 4.90 Å². The van der Waals surface area contributed by atoms with E-state index in [0.717, 1.165) is 25.9 Å². The maximum atomic E-state index is 13.0. The molecule has 2 bridgehead atoms. The van der Waals surface area contributed by atoms with E-state index < -0.39 is 0 Å². The highest BCUT2D eigenvalue weighted by Crippen LogP contribution is 2.55. The van der Waals surface area contributed by atoms with E-state index in [-0.39, 0.29) is 11.5 Å². The number of nitrogens with zero attached hydrogens (tertiary/aromatic N) is 2. The van der Waals surface area contributed by atoms with Crippen molar-refractivity contribution in [1.29, 1.82) is 0 Å². The summed E-state index contributed by atoms with van der Waals surface area (Å²) in [5, 5.41) is 0.517. The first kappa shape index (κ1) is 17.1. The van der Waals surface area contributed by atoms with Crippen LogP contribution in [0, 0.1) is 11.8 Å². The Labute approximate surface area is 153 Å². The molecule has 0 aromatic heterocycles. The van der Waals surface area contributed by atoms with Crippen LogP contribution in [-0.4, -0.2) is 68.3 Å². The first-order valence-electron chi connectivity index (χ1n) is 8.88. The zero-order valence-corrected chi connectivity index (χ0v) is 15.8. The Bertz CT molecular complexity index is 695. The van der Waals surface area contributed by atoms with Crippen molar-refractivity contribution < 1.29 is 14.3 Å². The minimum Gasteiger partial charge on any atom is -0.497 e. The summed E-state index contributed by atoms with van der Waals surface area (Å²) in [5.41, 5.74) is 0.448. The number of likely N-dealkylation sites (tertiary alicyclic amines) is 1. The third-order valence-electron chi connectivity index (χ3n) is 6.00. The Balaban J connectivity index is 1.56. The van der Waals surface area contributed by atoms with Gasteiger partial charge in [-0.25, -0.2) is 0 Å². The zero-order chi connectivity index (χ0) is 17.8. The number of fused-ring (bicyclic) bond motifs is 1. The Hall–Kier alpha value is -1.30. The van der Waals surface area contributed by atoms with Crippen molar-refractivity contribution in [2.24, 2.45) is 11.8 Å². The fourth-order valence-corrected chi connectivity index (χ4v) is 5.22. The van der Waals surface area contributed by atoms with Crippen molar-refractivity contribution in [3.63, 3.8) is 0 Å². The molecule has 25 heavy (non-hydrogen) atoms. The van der Waals surface area contributed by atoms with Gasteiger partial charge in [0.25, 0.3) is 5.91 Å². The van der Waals surface area contributed by atoms with E-state index in [1.54, 1.807) is 25.3 Å². The number of hydrogen-bond donors (Lipinski definition) is 0. The van der Waals surface area contributed by atoms with Gasteiger partial charge in [-0.1, -0.05) is 11.6 Å². The molecule has 0 saturated carbocycles. The molecular formula is C19H25ClN2O3. The van der Waals surface area contributed by atoms with Gasteiger partial charge in [-0.15, -0.1) is 0 Å². The van der Waals surface area contributed by atoms with E-state index >= 15 is 0 Å². The predicted molar refractivity (Wildman–Crippen MR) is 96.3 cm³/mol. The quantitative estimate of drug-likeness (QED) is 0.823. The Kier molecular flexibility index (Phi) is 4.21. The van der Waals surface area contributed by atoms with Crippen LogP contribution < -0.4 is 4.74 Å². The topological polar surface area (TPSA) is 42.0 Å². The van der Waals surface area contributed by atoms with E-state index in [4.69, 9.17) is 21.1 Å². The molecule has 0 unspecified atom stereocenters. The maximum absolute atomic E-state index is 13.0. The number of methoxy groups -OCH3 is 1. The maximum Gasteiger partial charge on any atom is 0.254 e. The molecule has 6 heteroatoms. The summed E-state index contributed by atoms with van der Waals surface area (Å²) >= 11 is 6.14. The number of amides is 1. The molecule has 5 nitrogen and oxygen atoms in total. The van der Waals surface area contributed by atoms with Crippen molar-refractivity contribution >= 4 is 17.5 Å². The van der Waals surface area contributed by atoms with E-state index in [2.05, 4.69) is 19.0 Å². The molecule has 1 aromatic carbocycles. The van der Waals surface area contributed by atoms with Crippen molar-refractivity contribution in [2.75, 3.05) is 40.8 Å². The molecule has 3 fully saturated rings. The van der Waals surface area contributed by atoms with Gasteiger partial charge in [-0.3, -0.25) is 4.79 Å². The first-order chi connectivity index (χ1) is 11.9. The number of carbonyl (C=O) groups excluding carboxylic acids is 1. The number of halogens is 1. The fourth-order valence-electron chi connectivity index (χ4n) is 5.00. The summed E-state index contributed by atoms with van der Waals surface area (Å²) in [4.78, 5) is 17.2. The van der Waals surface area contributed by atoms with Crippen LogP contribution in [0.4, 0.5) is 0 Å². The molecule has 4 atom stereocenters. The van der Waals surface area contributed by atoms with Gasteiger partial charge >= 0.3 is 0 Å². The molecule has 136 valence electrons. The van der Waals surface area contributed by atoms with Crippen molar-refractivity contribution in [3.05, 3.63) is 28.8 Å². The first-order valence-corrected chi connectivity index (χ1v) is 9.26. The molecule has 0 N–H and O–H groups in total. The SMILES string of the molecule is COc1cc(Cl)cc(C(=O)N2C[C@@H]3[C@H](CN(C)C)[C@H]4CC[C@]3(C2)O4)c1. The Morgan fingerprint density at radius 1 is 1.44 bits per heavy atom. The average Bonchev–Trinajstić information content (AvgIpc) is 3.22. The molecule has 4 rings (SSSR count). The Morgan fingerprint density at radius 3 is 2.96 bits per heavy atom. The molecule has 0 radical (unpaired) electrons. The van der Waals surface area contributed by atoms with Crippen LogP contribution in [-0.2, 0) is 4.74 Å². The number of carbonyl (C=O) groups is 1. The van der Waals surface area contributed by atoms with Gasteiger partial charge in [0, 0.05) is 35.5 Å². The van der Waals surface area contributed by atoms with Gasteiger partial charge in [0.2, 0.25) is 0 Å². The zero-order valence-electron chi connectivity index (χ0n) is 15.0. The highest BCUT2D eigenvalue weighted by molar-refractivity contribution is 6.31. The Morgan fingerprint density at radius 2 is 2.24 bits per heavy atom. The van der Waals surface area contributed by atoms with Crippen LogP contribution in [0.3, 0.4) is 0 Å². The number of ether oxygens (including phenoxy) is 2. The second-order valence-corrected chi connectivity index (χ2v) is 8.29.